The molecule has 0 saturated carbocycles. The summed E-state index contributed by atoms with van der Waals surface area (Å²) in [5.41, 5.74) is 18.0. The molecule has 0 amide bonds. The van der Waals surface area contributed by atoms with Gasteiger partial charge >= 0.3 is 0 Å². The van der Waals surface area contributed by atoms with Crippen LogP contribution in [0.4, 0.5) is 11.4 Å². The number of nitriles is 3. The summed E-state index contributed by atoms with van der Waals surface area (Å²) in [6.45, 7) is 19.6. The van der Waals surface area contributed by atoms with E-state index in [0.717, 1.165) is 111 Å². The molecular weight excluding hydrogens is 905 g/mol. The fourth-order valence-electron chi connectivity index (χ4n) is 10.6. The molecule has 3 heterocycles. The second-order valence-electron chi connectivity index (χ2n) is 18.4. The molecule has 12 rings (SSSR count). The van der Waals surface area contributed by atoms with E-state index >= 15 is 0 Å². The third-order valence-electron chi connectivity index (χ3n) is 13.9. The van der Waals surface area contributed by atoms with Crippen LogP contribution >= 0.6 is 0 Å². The van der Waals surface area contributed by atoms with E-state index in [-0.39, 0.29) is 0 Å². The number of pyridine rings is 1. The maximum atomic E-state index is 12.0. The van der Waals surface area contributed by atoms with Crippen molar-refractivity contribution in [3.63, 3.8) is 0 Å². The van der Waals surface area contributed by atoms with Crippen molar-refractivity contribution in [1.29, 1.82) is 15.8 Å². The number of nitrogens with zero attached hydrogens (tertiary/aromatic N) is 8. The maximum Gasteiger partial charge on any atom is 0.187 e. The monoisotopic (exact) mass is 942 g/mol. The van der Waals surface area contributed by atoms with Gasteiger partial charge in [-0.25, -0.2) is 9.69 Å². The van der Waals surface area contributed by atoms with Gasteiger partial charge in [0.1, 0.15) is 11.6 Å². The molecule has 12 aromatic rings. The van der Waals surface area contributed by atoms with E-state index < -0.39 is 0 Å². The molecule has 0 unspecified atom stereocenters. The molecule has 0 aliphatic heterocycles. The fourth-order valence-corrected chi connectivity index (χ4v) is 10.6. The normalized spacial score (nSPS) is 11.0. The highest BCUT2D eigenvalue weighted by molar-refractivity contribution is 6.13. The second-order valence-corrected chi connectivity index (χ2v) is 18.4. The summed E-state index contributed by atoms with van der Waals surface area (Å²) in [6, 6.07) is 71.5. The second kappa shape index (κ2) is 17.9. The Bertz CT molecular complexity index is 4080. The Morgan fingerprint density at radius 1 is 0.365 bits per heavy atom. The van der Waals surface area contributed by atoms with Gasteiger partial charge in [-0.2, -0.15) is 15.8 Å². The zero-order valence-corrected chi connectivity index (χ0v) is 40.1. The van der Waals surface area contributed by atoms with Gasteiger partial charge < -0.3 is 9.13 Å². The minimum absolute atomic E-state index is 0.420. The number of rotatable bonds is 7. The zero-order valence-electron chi connectivity index (χ0n) is 40.1. The molecule has 74 heavy (non-hydrogen) atoms. The Balaban J connectivity index is 1.24. The van der Waals surface area contributed by atoms with Crippen molar-refractivity contribution in [2.75, 3.05) is 0 Å². The maximum absolute atomic E-state index is 12.0. The van der Waals surface area contributed by atoms with Gasteiger partial charge in [0.25, 0.3) is 0 Å². The molecule has 0 radical (unpaired) electrons. The third-order valence-corrected chi connectivity index (χ3v) is 13.9. The van der Waals surface area contributed by atoms with Crippen LogP contribution in [-0.4, -0.2) is 14.1 Å². The van der Waals surface area contributed by atoms with Gasteiger partial charge in [0.05, 0.1) is 69.9 Å². The minimum atomic E-state index is 0.420. The summed E-state index contributed by atoms with van der Waals surface area (Å²) in [7, 11) is 0. The predicted molar refractivity (Wildman–Crippen MR) is 296 cm³/mol. The molecule has 0 spiro atoms. The molecule has 0 aliphatic carbocycles. The van der Waals surface area contributed by atoms with E-state index in [2.05, 4.69) is 134 Å². The number of aryl methyl sites for hydroxylation is 2. The average Bonchev–Trinajstić information content (AvgIpc) is 3.95. The number of hydrogen-bond donors (Lipinski definition) is 0. The first-order valence-corrected chi connectivity index (χ1v) is 23.9. The summed E-state index contributed by atoms with van der Waals surface area (Å²) in [6.07, 6.45) is 0. The van der Waals surface area contributed by atoms with Crippen molar-refractivity contribution in [3.8, 4) is 85.2 Å². The Labute approximate surface area is 427 Å². The van der Waals surface area contributed by atoms with Gasteiger partial charge in [0.2, 0.25) is 0 Å². The number of hydrogen-bond acceptors (Lipinski definition) is 4. The Kier molecular flexibility index (Phi) is 10.7. The minimum Gasteiger partial charge on any atom is -0.308 e. The summed E-state index contributed by atoms with van der Waals surface area (Å²) in [4.78, 5) is 12.2. The molecule has 0 fully saturated rings. The summed E-state index contributed by atoms with van der Waals surface area (Å²) >= 11 is 0. The average molecular weight is 943 g/mol. The van der Waals surface area contributed by atoms with E-state index in [4.69, 9.17) is 18.1 Å². The lowest BCUT2D eigenvalue weighted by Crippen LogP contribution is -2.06. The SMILES string of the molecule is [C-]#[N+]c1cccc(-c2ccc3c4ccc(-c5cccc([N+]#[C-])c5)cc4n(-c4cc(-c5cc(C)nc(C)c5)cc(-n5c6cc(-c7cccc(C#N)c7)ccc6c6ccc(-c7cccc(C#N)c7)cc65)c4C#N)c3c2)c1. The van der Waals surface area contributed by atoms with E-state index in [1.54, 1.807) is 24.3 Å². The summed E-state index contributed by atoms with van der Waals surface area (Å²) in [5.74, 6) is 0. The number of aromatic nitrogens is 3. The topological polar surface area (TPSA) is 103 Å². The van der Waals surface area contributed by atoms with Crippen LogP contribution in [0.25, 0.3) is 120 Å². The number of fused-ring (bicyclic) bond motifs is 6. The van der Waals surface area contributed by atoms with Crippen LogP contribution in [0, 0.1) is 61.0 Å². The Morgan fingerprint density at radius 3 is 1.05 bits per heavy atom. The molecule has 9 aromatic carbocycles. The molecule has 8 nitrogen and oxygen atoms in total. The van der Waals surface area contributed by atoms with Crippen LogP contribution in [0.3, 0.4) is 0 Å². The van der Waals surface area contributed by atoms with Gasteiger partial charge in [-0.05, 0) is 154 Å². The van der Waals surface area contributed by atoms with Gasteiger partial charge in [0.15, 0.2) is 11.4 Å². The lowest BCUT2D eigenvalue weighted by Gasteiger charge is -2.19. The molecule has 342 valence electrons. The predicted octanol–water partition coefficient (Wildman–Crippen LogP) is 16.9. The van der Waals surface area contributed by atoms with Crippen LogP contribution in [0.2, 0.25) is 0 Å². The lowest BCUT2D eigenvalue weighted by molar-refractivity contribution is 1.11. The zero-order chi connectivity index (χ0) is 50.6. The van der Waals surface area contributed by atoms with Crippen LogP contribution in [0.15, 0.2) is 194 Å². The van der Waals surface area contributed by atoms with Gasteiger partial charge in [0, 0.05) is 32.9 Å². The van der Waals surface area contributed by atoms with Crippen molar-refractivity contribution >= 4 is 55.0 Å². The highest BCUT2D eigenvalue weighted by atomic mass is 15.0. The van der Waals surface area contributed by atoms with Crippen molar-refractivity contribution in [1.82, 2.24) is 14.1 Å². The molecule has 8 heteroatoms. The number of benzene rings is 9. The Hall–Kier alpha value is -10.8. The van der Waals surface area contributed by atoms with Crippen LogP contribution in [0.1, 0.15) is 28.1 Å². The van der Waals surface area contributed by atoms with E-state index in [0.29, 0.717) is 39.4 Å². The van der Waals surface area contributed by atoms with Crippen LogP contribution in [-0.2, 0) is 0 Å². The first-order chi connectivity index (χ1) is 36.2. The first kappa shape index (κ1) is 44.4. The van der Waals surface area contributed by atoms with Crippen LogP contribution < -0.4 is 0 Å². The summed E-state index contributed by atoms with van der Waals surface area (Å²) < 4.78 is 4.40. The largest absolute Gasteiger partial charge is 0.308 e. The van der Waals surface area contributed by atoms with Crippen molar-refractivity contribution < 1.29 is 0 Å². The van der Waals surface area contributed by atoms with Gasteiger partial charge in [-0.3, -0.25) is 4.98 Å². The Morgan fingerprint density at radius 2 is 0.703 bits per heavy atom. The third kappa shape index (κ3) is 7.56. The molecule has 0 saturated heterocycles. The van der Waals surface area contributed by atoms with E-state index in [9.17, 15) is 15.8 Å². The fraction of sp³-hybridized carbons (Fsp3) is 0.0303. The molecule has 0 N–H and O–H groups in total. The van der Waals surface area contributed by atoms with Gasteiger partial charge in [-0.1, -0.05) is 109 Å². The highest BCUT2D eigenvalue weighted by Crippen LogP contribution is 2.44. The molecule has 3 aromatic heterocycles. The van der Waals surface area contributed by atoms with Crippen molar-refractivity contribution in [2.45, 2.75) is 13.8 Å². The van der Waals surface area contributed by atoms with Gasteiger partial charge in [-0.15, -0.1) is 0 Å². The lowest BCUT2D eigenvalue weighted by atomic mass is 9.99. The summed E-state index contributed by atoms with van der Waals surface area (Å²) in [5, 5.41) is 35.7. The van der Waals surface area contributed by atoms with Crippen LogP contribution in [0.5, 0.6) is 0 Å². The van der Waals surface area contributed by atoms with E-state index in [1.807, 2.05) is 86.6 Å². The molecular formula is C66H38N8. The molecule has 0 aliphatic rings. The standard InChI is InChI=1S/C66H38N8/c1-40-25-52(26-41(2)72-40)53-35-65(73-61-31-48(44-11-5-9-42(27-44)37-67)17-21-56(61)57-22-18-49(32-62(57)73)45-12-6-10-43(28-45)38-68)60(39-69)66(36-53)74-63-33-50(46-13-7-15-54(29-46)70-3)19-23-58(63)59-24-20-51(34-64(59)74)47-14-8-16-55(30-47)71-4/h5-36H,1-2H3. The molecule has 0 atom stereocenters. The van der Waals surface area contributed by atoms with Crippen molar-refractivity contribution in [2.24, 2.45) is 0 Å². The molecule has 0 bridgehead atoms. The van der Waals surface area contributed by atoms with Crippen molar-refractivity contribution in [3.05, 3.63) is 245 Å². The highest BCUT2D eigenvalue weighted by Gasteiger charge is 2.24. The van der Waals surface area contributed by atoms with E-state index in [1.165, 1.54) is 0 Å². The first-order valence-electron chi connectivity index (χ1n) is 23.9. The smallest absolute Gasteiger partial charge is 0.187 e. The quantitative estimate of drug-likeness (QED) is 0.148.